The lowest BCUT2D eigenvalue weighted by Crippen LogP contribution is -1.89. The predicted molar refractivity (Wildman–Crippen MR) is 49.0 cm³/mol. The van der Waals surface area contributed by atoms with Crippen molar-refractivity contribution in [1.82, 2.24) is 4.57 Å². The first kappa shape index (κ1) is 8.08. The summed E-state index contributed by atoms with van der Waals surface area (Å²) in [6.07, 6.45) is 4.19. The van der Waals surface area contributed by atoms with Crippen molar-refractivity contribution in [2.45, 2.75) is 10.1 Å². The number of rotatable bonds is 2. The second kappa shape index (κ2) is 3.39. The summed E-state index contributed by atoms with van der Waals surface area (Å²) >= 11 is 3.56. The molecule has 56 valence electrons. The predicted octanol–water partition coefficient (Wildman–Crippen LogP) is 2.47. The summed E-state index contributed by atoms with van der Waals surface area (Å²) in [6, 6.07) is 4.30. The van der Waals surface area contributed by atoms with Gasteiger partial charge in [0.1, 0.15) is 0 Å². The zero-order valence-electron chi connectivity index (χ0n) is 6.42. The third-order valence-corrected chi connectivity index (χ3v) is 3.10. The van der Waals surface area contributed by atoms with Crippen LogP contribution in [0.15, 0.2) is 22.2 Å². The van der Waals surface area contributed by atoms with E-state index in [0.717, 1.165) is 0 Å². The number of thioether (sulfide) groups is 2. The van der Waals surface area contributed by atoms with Crippen molar-refractivity contribution in [3.63, 3.8) is 0 Å². The molecule has 0 aliphatic rings. The van der Waals surface area contributed by atoms with E-state index in [0.29, 0.717) is 0 Å². The highest BCUT2D eigenvalue weighted by atomic mass is 32.2. The quantitative estimate of drug-likeness (QED) is 0.633. The van der Waals surface area contributed by atoms with Crippen LogP contribution in [-0.4, -0.2) is 17.1 Å². The molecule has 0 aromatic carbocycles. The molecular weight excluding hydrogens is 162 g/mol. The van der Waals surface area contributed by atoms with Crippen LogP contribution >= 0.6 is 23.5 Å². The van der Waals surface area contributed by atoms with Gasteiger partial charge in [-0.1, -0.05) is 0 Å². The minimum absolute atomic E-state index is 1.32. The van der Waals surface area contributed by atoms with Gasteiger partial charge in [-0.25, -0.2) is 0 Å². The second-order valence-corrected chi connectivity index (χ2v) is 3.63. The zero-order chi connectivity index (χ0) is 7.56. The minimum Gasteiger partial charge on any atom is -0.334 e. The van der Waals surface area contributed by atoms with E-state index in [4.69, 9.17) is 0 Å². The molecule has 0 bridgehead atoms. The highest BCUT2D eigenvalue weighted by Gasteiger charge is 1.99. The minimum atomic E-state index is 1.32. The van der Waals surface area contributed by atoms with E-state index in [1.54, 1.807) is 23.5 Å². The van der Waals surface area contributed by atoms with Gasteiger partial charge in [0.05, 0.1) is 10.1 Å². The van der Waals surface area contributed by atoms with Crippen molar-refractivity contribution in [3.05, 3.63) is 12.1 Å². The van der Waals surface area contributed by atoms with Gasteiger partial charge in [-0.2, -0.15) is 0 Å². The Labute approximate surface area is 70.2 Å². The standard InChI is InChI=1S/C7H11NS2/c1-8-6(9-2)4-5-7(8)10-3/h4-5H,1-3H3. The summed E-state index contributed by atoms with van der Waals surface area (Å²) < 4.78 is 2.20. The molecule has 0 unspecified atom stereocenters. The van der Waals surface area contributed by atoms with Gasteiger partial charge >= 0.3 is 0 Å². The van der Waals surface area contributed by atoms with Crippen molar-refractivity contribution in [1.29, 1.82) is 0 Å². The monoisotopic (exact) mass is 173 g/mol. The first-order valence-corrected chi connectivity index (χ1v) is 5.48. The average molecular weight is 173 g/mol. The van der Waals surface area contributed by atoms with Gasteiger partial charge in [0, 0.05) is 7.05 Å². The van der Waals surface area contributed by atoms with Crippen LogP contribution in [-0.2, 0) is 7.05 Å². The molecule has 1 aromatic rings. The van der Waals surface area contributed by atoms with Crippen molar-refractivity contribution in [3.8, 4) is 0 Å². The van der Waals surface area contributed by atoms with Crippen LogP contribution in [0, 0.1) is 0 Å². The molecule has 0 radical (unpaired) electrons. The van der Waals surface area contributed by atoms with Gasteiger partial charge in [-0.15, -0.1) is 23.5 Å². The van der Waals surface area contributed by atoms with Crippen LogP contribution in [0.4, 0.5) is 0 Å². The van der Waals surface area contributed by atoms with Gasteiger partial charge in [0.15, 0.2) is 0 Å². The third-order valence-electron chi connectivity index (χ3n) is 1.45. The average Bonchev–Trinajstić information content (AvgIpc) is 2.30. The lowest BCUT2D eigenvalue weighted by Gasteiger charge is -2.01. The molecule has 0 spiro atoms. The summed E-state index contributed by atoms with van der Waals surface area (Å²) in [5, 5.41) is 2.65. The fraction of sp³-hybridized carbons (Fsp3) is 0.429. The Morgan fingerprint density at radius 2 is 1.50 bits per heavy atom. The van der Waals surface area contributed by atoms with E-state index in [9.17, 15) is 0 Å². The molecule has 0 amide bonds. The van der Waals surface area contributed by atoms with Crippen molar-refractivity contribution in [2.75, 3.05) is 12.5 Å². The number of hydrogen-bond acceptors (Lipinski definition) is 2. The van der Waals surface area contributed by atoms with Gasteiger partial charge in [-0.05, 0) is 24.6 Å². The van der Waals surface area contributed by atoms with Gasteiger partial charge in [0.25, 0.3) is 0 Å². The number of nitrogens with zero attached hydrogens (tertiary/aromatic N) is 1. The molecule has 10 heavy (non-hydrogen) atoms. The molecule has 0 saturated heterocycles. The first-order valence-electron chi connectivity index (χ1n) is 3.03. The molecule has 1 nitrogen and oxygen atoms in total. The smallest absolute Gasteiger partial charge is 0.0751 e. The van der Waals surface area contributed by atoms with Crippen LogP contribution < -0.4 is 0 Å². The molecule has 0 aliphatic heterocycles. The molecule has 0 atom stereocenters. The first-order chi connectivity index (χ1) is 4.79. The summed E-state index contributed by atoms with van der Waals surface area (Å²) in [5.74, 6) is 0. The molecule has 1 aromatic heterocycles. The van der Waals surface area contributed by atoms with E-state index in [2.05, 4.69) is 36.3 Å². The van der Waals surface area contributed by atoms with Gasteiger partial charge in [0.2, 0.25) is 0 Å². The Bertz CT molecular complexity index is 196. The maximum absolute atomic E-state index is 2.20. The topological polar surface area (TPSA) is 4.93 Å². The Hall–Kier alpha value is -0.0200. The Morgan fingerprint density at radius 3 is 1.70 bits per heavy atom. The van der Waals surface area contributed by atoms with E-state index in [1.165, 1.54) is 10.1 Å². The number of aromatic nitrogens is 1. The SMILES string of the molecule is CSc1ccc(SC)n1C. The van der Waals surface area contributed by atoms with Gasteiger partial charge < -0.3 is 4.57 Å². The van der Waals surface area contributed by atoms with Crippen molar-refractivity contribution >= 4 is 23.5 Å². The van der Waals surface area contributed by atoms with Gasteiger partial charge in [-0.3, -0.25) is 0 Å². The summed E-state index contributed by atoms with van der Waals surface area (Å²) in [4.78, 5) is 0. The van der Waals surface area contributed by atoms with E-state index in [1.807, 2.05) is 0 Å². The second-order valence-electron chi connectivity index (χ2n) is 1.98. The van der Waals surface area contributed by atoms with Crippen molar-refractivity contribution < 1.29 is 0 Å². The van der Waals surface area contributed by atoms with Crippen LogP contribution in [0.25, 0.3) is 0 Å². The lowest BCUT2D eigenvalue weighted by molar-refractivity contribution is 0.752. The molecule has 1 rings (SSSR count). The molecule has 0 saturated carbocycles. The molecule has 3 heteroatoms. The Balaban J connectivity index is 2.97. The Morgan fingerprint density at radius 1 is 1.10 bits per heavy atom. The molecule has 0 fully saturated rings. The van der Waals surface area contributed by atoms with Crippen LogP contribution in [0.1, 0.15) is 0 Å². The van der Waals surface area contributed by atoms with E-state index >= 15 is 0 Å². The zero-order valence-corrected chi connectivity index (χ0v) is 8.05. The van der Waals surface area contributed by atoms with Crippen LogP contribution in [0.3, 0.4) is 0 Å². The summed E-state index contributed by atoms with van der Waals surface area (Å²) in [7, 11) is 2.09. The molecule has 0 aliphatic carbocycles. The van der Waals surface area contributed by atoms with E-state index in [-0.39, 0.29) is 0 Å². The van der Waals surface area contributed by atoms with Crippen molar-refractivity contribution in [2.24, 2.45) is 7.05 Å². The highest BCUT2D eigenvalue weighted by Crippen LogP contribution is 2.22. The maximum Gasteiger partial charge on any atom is 0.0751 e. The molecule has 0 N–H and O–H groups in total. The normalized spacial score (nSPS) is 10.3. The Kier molecular flexibility index (Phi) is 2.74. The van der Waals surface area contributed by atoms with Crippen LogP contribution in [0.2, 0.25) is 0 Å². The fourth-order valence-electron chi connectivity index (χ4n) is 0.885. The molecular formula is C7H11NS2. The summed E-state index contributed by atoms with van der Waals surface area (Å²) in [6.45, 7) is 0. The van der Waals surface area contributed by atoms with Crippen LogP contribution in [0.5, 0.6) is 0 Å². The molecule has 1 heterocycles. The largest absolute Gasteiger partial charge is 0.334 e. The number of hydrogen-bond donors (Lipinski definition) is 0. The maximum atomic E-state index is 2.20. The third kappa shape index (κ3) is 1.35. The summed E-state index contributed by atoms with van der Waals surface area (Å²) in [5.41, 5.74) is 0. The van der Waals surface area contributed by atoms with E-state index < -0.39 is 0 Å². The fourth-order valence-corrected chi connectivity index (χ4v) is 2.10. The lowest BCUT2D eigenvalue weighted by atomic mass is 10.7. The highest BCUT2D eigenvalue weighted by molar-refractivity contribution is 7.99.